The first-order chi connectivity index (χ1) is 28.6. The number of hydrogen-bond acceptors (Lipinski definition) is 5. The molecule has 336 valence electrons. The third kappa shape index (κ3) is 46.3. The van der Waals surface area contributed by atoms with Gasteiger partial charge < -0.3 is 14.6 Å². The van der Waals surface area contributed by atoms with E-state index in [-0.39, 0.29) is 25.2 Å². The predicted molar refractivity (Wildman–Crippen MR) is 251 cm³/mol. The Labute approximate surface area is 360 Å². The van der Waals surface area contributed by atoms with Gasteiger partial charge in [-0.25, -0.2) is 0 Å². The Hall–Kier alpha value is -2.40. The van der Waals surface area contributed by atoms with Crippen LogP contribution in [-0.4, -0.2) is 36.4 Å². The Morgan fingerprint density at radius 2 is 0.741 bits per heavy atom. The van der Waals surface area contributed by atoms with Crippen molar-refractivity contribution in [2.45, 2.75) is 251 Å². The van der Waals surface area contributed by atoms with Crippen molar-refractivity contribution in [3.63, 3.8) is 0 Å². The molecule has 0 aliphatic rings. The fourth-order valence-corrected chi connectivity index (χ4v) is 7.07. The molecule has 0 aromatic heterocycles. The molecule has 1 atom stereocenters. The quantitative estimate of drug-likeness (QED) is 0.0377. The van der Waals surface area contributed by atoms with Crippen molar-refractivity contribution < 1.29 is 24.2 Å². The molecule has 0 bridgehead atoms. The van der Waals surface area contributed by atoms with Crippen molar-refractivity contribution >= 4 is 11.9 Å². The largest absolute Gasteiger partial charge is 0.462 e. The summed E-state index contributed by atoms with van der Waals surface area (Å²) in [5.74, 6) is -0.596. The van der Waals surface area contributed by atoms with Crippen LogP contribution in [0.3, 0.4) is 0 Å². The molecule has 0 amide bonds. The number of unbranched alkanes of at least 4 members (excludes halogenated alkanes) is 27. The smallest absolute Gasteiger partial charge is 0.306 e. The van der Waals surface area contributed by atoms with Crippen LogP contribution in [0.2, 0.25) is 0 Å². The Kier molecular flexibility index (Phi) is 46.9. The van der Waals surface area contributed by atoms with Crippen LogP contribution >= 0.6 is 0 Å². The van der Waals surface area contributed by atoms with E-state index in [2.05, 4.69) is 74.6 Å². The maximum atomic E-state index is 12.3. The van der Waals surface area contributed by atoms with Crippen molar-refractivity contribution in [1.82, 2.24) is 0 Å². The van der Waals surface area contributed by atoms with Crippen molar-refractivity contribution in [2.24, 2.45) is 0 Å². The number of rotatable bonds is 45. The summed E-state index contributed by atoms with van der Waals surface area (Å²) >= 11 is 0. The Morgan fingerprint density at radius 1 is 0.414 bits per heavy atom. The second kappa shape index (κ2) is 49.0. The number of aliphatic hydroxyl groups excluding tert-OH is 1. The highest BCUT2D eigenvalue weighted by Crippen LogP contribution is 2.15. The fourth-order valence-electron chi connectivity index (χ4n) is 7.07. The minimum atomic E-state index is -0.778. The highest BCUT2D eigenvalue weighted by molar-refractivity contribution is 5.70. The van der Waals surface area contributed by atoms with Gasteiger partial charge in [-0.1, -0.05) is 216 Å². The zero-order chi connectivity index (χ0) is 42.1. The lowest BCUT2D eigenvalue weighted by Gasteiger charge is -2.15. The molecule has 0 fully saturated rings. The van der Waals surface area contributed by atoms with Crippen LogP contribution < -0.4 is 0 Å². The first-order valence-electron chi connectivity index (χ1n) is 24.8. The summed E-state index contributed by atoms with van der Waals surface area (Å²) in [5.41, 5.74) is 0. The van der Waals surface area contributed by atoms with Crippen LogP contribution in [0.1, 0.15) is 245 Å². The van der Waals surface area contributed by atoms with E-state index in [1.165, 1.54) is 148 Å². The molecule has 58 heavy (non-hydrogen) atoms. The van der Waals surface area contributed by atoms with Gasteiger partial charge in [0.2, 0.25) is 0 Å². The summed E-state index contributed by atoms with van der Waals surface area (Å²) in [5, 5.41) is 9.62. The fraction of sp³-hybridized carbons (Fsp3) is 0.774. The summed E-state index contributed by atoms with van der Waals surface area (Å²) in [4.78, 5) is 24.4. The van der Waals surface area contributed by atoms with Crippen molar-refractivity contribution in [3.05, 3.63) is 60.8 Å². The van der Waals surface area contributed by atoms with E-state index in [1.807, 2.05) is 0 Å². The van der Waals surface area contributed by atoms with Gasteiger partial charge >= 0.3 is 11.9 Å². The van der Waals surface area contributed by atoms with Gasteiger partial charge in [0.1, 0.15) is 6.61 Å². The van der Waals surface area contributed by atoms with Crippen molar-refractivity contribution in [2.75, 3.05) is 13.2 Å². The molecule has 0 saturated carbocycles. The molecule has 1 unspecified atom stereocenters. The molecule has 0 aliphatic heterocycles. The number of esters is 2. The number of carbonyl (C=O) groups excluding carboxylic acids is 2. The molecule has 5 heteroatoms. The number of aliphatic hydroxyl groups is 1. The molecule has 0 radical (unpaired) electrons. The van der Waals surface area contributed by atoms with Gasteiger partial charge in [-0.15, -0.1) is 0 Å². The van der Waals surface area contributed by atoms with Gasteiger partial charge in [0.15, 0.2) is 6.10 Å². The topological polar surface area (TPSA) is 72.8 Å². The average molecular weight is 811 g/mol. The zero-order valence-electron chi connectivity index (χ0n) is 38.3. The van der Waals surface area contributed by atoms with Crippen LogP contribution in [0.4, 0.5) is 0 Å². The van der Waals surface area contributed by atoms with Crippen molar-refractivity contribution in [1.29, 1.82) is 0 Å². The maximum Gasteiger partial charge on any atom is 0.306 e. The standard InChI is InChI=1S/C53H94O5/c1-3-5-7-9-11-13-15-17-19-21-23-25-26-28-29-31-33-35-37-39-41-43-45-47-52(55)57-50-51(49-54)58-53(56)48-46-44-42-40-38-36-34-32-30-27-24-22-20-18-16-14-12-10-8-6-4-2/h6,8,12,14,18,20-21,23-24,27,51,54H,3-5,7,9-11,13,15-17,19,22,25-26,28-50H2,1-2H3/b8-6-,14-12-,20-18-,23-21-,27-24-. The average Bonchev–Trinajstić information content (AvgIpc) is 3.23. The van der Waals surface area contributed by atoms with E-state index < -0.39 is 6.10 Å². The molecule has 0 aromatic carbocycles. The Balaban J connectivity index is 3.52. The summed E-state index contributed by atoms with van der Waals surface area (Å²) in [6.07, 6.45) is 64.5. The summed E-state index contributed by atoms with van der Waals surface area (Å²) in [6.45, 7) is 4.04. The zero-order valence-corrected chi connectivity index (χ0v) is 38.3. The summed E-state index contributed by atoms with van der Waals surface area (Å²) in [6, 6.07) is 0. The summed E-state index contributed by atoms with van der Waals surface area (Å²) < 4.78 is 10.7. The van der Waals surface area contributed by atoms with Crippen LogP contribution in [0, 0.1) is 0 Å². The number of ether oxygens (including phenoxy) is 2. The lowest BCUT2D eigenvalue weighted by Crippen LogP contribution is -2.28. The molecule has 0 aliphatic carbocycles. The van der Waals surface area contributed by atoms with E-state index in [9.17, 15) is 14.7 Å². The minimum absolute atomic E-state index is 0.0700. The van der Waals surface area contributed by atoms with Crippen molar-refractivity contribution in [3.8, 4) is 0 Å². The van der Waals surface area contributed by atoms with E-state index in [0.717, 1.165) is 70.6 Å². The van der Waals surface area contributed by atoms with Crippen LogP contribution in [0.5, 0.6) is 0 Å². The van der Waals surface area contributed by atoms with E-state index in [0.29, 0.717) is 12.8 Å². The molecule has 5 nitrogen and oxygen atoms in total. The lowest BCUT2D eigenvalue weighted by molar-refractivity contribution is -0.161. The molecule has 0 rings (SSSR count). The van der Waals surface area contributed by atoms with Gasteiger partial charge in [-0.05, 0) is 77.0 Å². The lowest BCUT2D eigenvalue weighted by atomic mass is 10.0. The monoisotopic (exact) mass is 811 g/mol. The summed E-state index contributed by atoms with van der Waals surface area (Å²) in [7, 11) is 0. The van der Waals surface area contributed by atoms with Gasteiger partial charge in [-0.2, -0.15) is 0 Å². The molecule has 1 N–H and O–H groups in total. The predicted octanol–water partition coefficient (Wildman–Crippen LogP) is 16.3. The Morgan fingerprint density at radius 3 is 1.14 bits per heavy atom. The second-order valence-electron chi connectivity index (χ2n) is 16.5. The third-order valence-corrected chi connectivity index (χ3v) is 10.8. The first kappa shape index (κ1) is 55.6. The highest BCUT2D eigenvalue weighted by atomic mass is 16.6. The highest BCUT2D eigenvalue weighted by Gasteiger charge is 2.16. The normalized spacial score (nSPS) is 12.7. The molecular weight excluding hydrogens is 717 g/mol. The number of allylic oxidation sites excluding steroid dienone is 10. The van der Waals surface area contributed by atoms with Crippen LogP contribution in [-0.2, 0) is 19.1 Å². The molecule has 0 heterocycles. The van der Waals surface area contributed by atoms with Crippen LogP contribution in [0.25, 0.3) is 0 Å². The molecular formula is C53H94O5. The first-order valence-corrected chi connectivity index (χ1v) is 24.8. The Bertz CT molecular complexity index is 1010. The van der Waals surface area contributed by atoms with E-state index in [4.69, 9.17) is 9.47 Å². The van der Waals surface area contributed by atoms with E-state index in [1.54, 1.807) is 0 Å². The third-order valence-electron chi connectivity index (χ3n) is 10.8. The van der Waals surface area contributed by atoms with E-state index >= 15 is 0 Å². The molecule has 0 saturated heterocycles. The van der Waals surface area contributed by atoms with Gasteiger partial charge in [0.25, 0.3) is 0 Å². The van der Waals surface area contributed by atoms with Gasteiger partial charge in [0.05, 0.1) is 6.61 Å². The maximum absolute atomic E-state index is 12.3. The van der Waals surface area contributed by atoms with Gasteiger partial charge in [0, 0.05) is 12.8 Å². The minimum Gasteiger partial charge on any atom is -0.462 e. The SMILES string of the molecule is CC/C=C\C/C=C\C/C=C\C/C=C\CCCCCCCCCCC(=O)OC(CO)COC(=O)CCCCCCCCCCCCC/C=C\CCCCCCCCCC. The van der Waals surface area contributed by atoms with Crippen LogP contribution in [0.15, 0.2) is 60.8 Å². The van der Waals surface area contributed by atoms with Gasteiger partial charge in [-0.3, -0.25) is 9.59 Å². The number of carbonyl (C=O) groups is 2. The molecule has 0 spiro atoms. The second-order valence-corrected chi connectivity index (χ2v) is 16.5. The number of hydrogen-bond donors (Lipinski definition) is 1. The molecule has 0 aromatic rings.